The molecule has 0 aliphatic carbocycles. The van der Waals surface area contributed by atoms with Crippen molar-refractivity contribution in [1.29, 1.82) is 0 Å². The lowest BCUT2D eigenvalue weighted by atomic mass is 10.0. The number of hydrogen-bond acceptors (Lipinski definition) is 3. The maximum absolute atomic E-state index is 10.5. The van der Waals surface area contributed by atoms with Crippen LogP contribution in [-0.2, 0) is 4.79 Å². The number of thiol groups is 2. The third kappa shape index (κ3) is 5.44. The topological polar surface area (TPSA) is 37.3 Å². The molecule has 0 heterocycles. The molecule has 0 fully saturated rings. The Balaban J connectivity index is 3.60. The van der Waals surface area contributed by atoms with Crippen LogP contribution in [0.25, 0.3) is 0 Å². The maximum atomic E-state index is 10.5. The van der Waals surface area contributed by atoms with E-state index in [1.807, 2.05) is 0 Å². The summed E-state index contributed by atoms with van der Waals surface area (Å²) in [7, 11) is 0. The number of hydrogen-bond donors (Lipinski definition) is 3. The predicted molar refractivity (Wildman–Crippen MR) is 52.7 cm³/mol. The van der Waals surface area contributed by atoms with E-state index in [1.54, 1.807) is 0 Å². The molecule has 0 amide bonds. The average molecular weight is 194 g/mol. The number of carboxylic acids is 1. The monoisotopic (exact) mass is 194 g/mol. The van der Waals surface area contributed by atoms with Gasteiger partial charge in [0.2, 0.25) is 0 Å². The van der Waals surface area contributed by atoms with Crippen molar-refractivity contribution < 1.29 is 9.90 Å². The highest BCUT2D eigenvalue weighted by Crippen LogP contribution is 2.12. The van der Waals surface area contributed by atoms with Crippen LogP contribution in [0.5, 0.6) is 0 Å². The molecule has 0 aromatic heterocycles. The van der Waals surface area contributed by atoms with Gasteiger partial charge in [0.05, 0.1) is 5.92 Å². The average Bonchev–Trinajstić information content (AvgIpc) is 1.97. The first-order chi connectivity index (χ1) is 5.22. The summed E-state index contributed by atoms with van der Waals surface area (Å²) in [6.07, 6.45) is 2.25. The molecule has 66 valence electrons. The van der Waals surface area contributed by atoms with Gasteiger partial charge in [0.25, 0.3) is 0 Å². The van der Waals surface area contributed by atoms with Gasteiger partial charge in [-0.25, -0.2) is 0 Å². The summed E-state index contributed by atoms with van der Waals surface area (Å²) < 4.78 is 0. The summed E-state index contributed by atoms with van der Waals surface area (Å²) >= 11 is 8.01. The highest BCUT2D eigenvalue weighted by Gasteiger charge is 2.14. The van der Waals surface area contributed by atoms with Crippen molar-refractivity contribution >= 4 is 31.2 Å². The Hall–Kier alpha value is 0.170. The van der Waals surface area contributed by atoms with Gasteiger partial charge >= 0.3 is 5.97 Å². The molecular weight excluding hydrogens is 180 g/mol. The zero-order valence-corrected chi connectivity index (χ0v) is 8.15. The maximum Gasteiger partial charge on any atom is 0.306 e. The highest BCUT2D eigenvalue weighted by molar-refractivity contribution is 7.80. The minimum atomic E-state index is -0.708. The van der Waals surface area contributed by atoms with Gasteiger partial charge in [-0.2, -0.15) is 25.3 Å². The fourth-order valence-electron chi connectivity index (χ4n) is 0.885. The van der Waals surface area contributed by atoms with Crippen molar-refractivity contribution in [2.45, 2.75) is 19.3 Å². The standard InChI is InChI=1S/C7H14O2S2/c8-7(9)6(3-5-11)2-1-4-10/h6,10-11H,1-5H2,(H,8,9). The molecule has 1 unspecified atom stereocenters. The summed E-state index contributed by atoms with van der Waals surface area (Å²) in [4.78, 5) is 10.5. The second-order valence-electron chi connectivity index (χ2n) is 2.41. The normalized spacial score (nSPS) is 12.9. The fraction of sp³-hybridized carbons (Fsp3) is 0.857. The van der Waals surface area contributed by atoms with Crippen molar-refractivity contribution in [1.82, 2.24) is 0 Å². The molecule has 0 saturated heterocycles. The van der Waals surface area contributed by atoms with Gasteiger partial charge in [-0.1, -0.05) is 0 Å². The highest BCUT2D eigenvalue weighted by atomic mass is 32.1. The fourth-order valence-corrected chi connectivity index (χ4v) is 1.38. The van der Waals surface area contributed by atoms with Crippen LogP contribution < -0.4 is 0 Å². The van der Waals surface area contributed by atoms with E-state index >= 15 is 0 Å². The van der Waals surface area contributed by atoms with E-state index in [9.17, 15) is 4.79 Å². The van der Waals surface area contributed by atoms with E-state index < -0.39 is 5.97 Å². The molecule has 4 heteroatoms. The molecule has 0 aromatic rings. The Labute approximate surface area is 78.2 Å². The Kier molecular flexibility index (Phi) is 6.96. The lowest BCUT2D eigenvalue weighted by molar-refractivity contribution is -0.142. The molecule has 0 spiro atoms. The van der Waals surface area contributed by atoms with Gasteiger partial charge in [-0.05, 0) is 30.8 Å². The van der Waals surface area contributed by atoms with Crippen molar-refractivity contribution in [3.63, 3.8) is 0 Å². The molecule has 0 aliphatic heterocycles. The molecule has 1 N–H and O–H groups in total. The van der Waals surface area contributed by atoms with E-state index in [4.69, 9.17) is 5.11 Å². The van der Waals surface area contributed by atoms with Crippen LogP contribution in [0, 0.1) is 5.92 Å². The second-order valence-corrected chi connectivity index (χ2v) is 3.31. The Bertz CT molecular complexity index is 117. The Morgan fingerprint density at radius 2 is 1.91 bits per heavy atom. The van der Waals surface area contributed by atoms with Crippen LogP contribution in [-0.4, -0.2) is 22.6 Å². The SMILES string of the molecule is O=C(O)C(CCS)CCCS. The summed E-state index contributed by atoms with van der Waals surface area (Å²) in [6.45, 7) is 0. The molecule has 0 aliphatic rings. The first-order valence-electron chi connectivity index (χ1n) is 3.67. The van der Waals surface area contributed by atoms with Gasteiger partial charge < -0.3 is 5.11 Å². The predicted octanol–water partition coefficient (Wildman–Crippen LogP) is 1.72. The molecular formula is C7H14O2S2. The van der Waals surface area contributed by atoms with Crippen molar-refractivity contribution in [2.75, 3.05) is 11.5 Å². The van der Waals surface area contributed by atoms with E-state index in [0.717, 1.165) is 18.6 Å². The first-order valence-corrected chi connectivity index (χ1v) is 4.93. The number of aliphatic carboxylic acids is 1. The number of carboxylic acid groups (broad SMARTS) is 1. The molecule has 1 atom stereocenters. The van der Waals surface area contributed by atoms with Gasteiger partial charge in [0.15, 0.2) is 0 Å². The van der Waals surface area contributed by atoms with E-state index in [0.29, 0.717) is 12.2 Å². The van der Waals surface area contributed by atoms with E-state index in [-0.39, 0.29) is 5.92 Å². The van der Waals surface area contributed by atoms with Crippen LogP contribution >= 0.6 is 25.3 Å². The molecule has 11 heavy (non-hydrogen) atoms. The van der Waals surface area contributed by atoms with Crippen molar-refractivity contribution in [3.8, 4) is 0 Å². The minimum Gasteiger partial charge on any atom is -0.481 e. The molecule has 0 aromatic carbocycles. The number of carbonyl (C=O) groups is 1. The van der Waals surface area contributed by atoms with Crippen LogP contribution in [0.2, 0.25) is 0 Å². The van der Waals surface area contributed by atoms with E-state index in [2.05, 4.69) is 25.3 Å². The summed E-state index contributed by atoms with van der Waals surface area (Å²) in [6, 6.07) is 0. The van der Waals surface area contributed by atoms with E-state index in [1.165, 1.54) is 0 Å². The van der Waals surface area contributed by atoms with Crippen LogP contribution in [0.3, 0.4) is 0 Å². The summed E-state index contributed by atoms with van der Waals surface area (Å²) in [5.74, 6) is 0.473. The van der Waals surface area contributed by atoms with Crippen LogP contribution in [0.15, 0.2) is 0 Å². The zero-order chi connectivity index (χ0) is 8.69. The summed E-state index contributed by atoms with van der Waals surface area (Å²) in [5.41, 5.74) is 0. The molecule has 0 rings (SSSR count). The molecule has 0 bridgehead atoms. The van der Waals surface area contributed by atoms with Crippen LogP contribution in [0.1, 0.15) is 19.3 Å². The Morgan fingerprint density at radius 1 is 1.27 bits per heavy atom. The van der Waals surface area contributed by atoms with Crippen LogP contribution in [0.4, 0.5) is 0 Å². The van der Waals surface area contributed by atoms with Gasteiger partial charge in [-0.15, -0.1) is 0 Å². The third-order valence-electron chi connectivity index (χ3n) is 1.54. The van der Waals surface area contributed by atoms with Gasteiger partial charge in [0.1, 0.15) is 0 Å². The zero-order valence-electron chi connectivity index (χ0n) is 6.36. The summed E-state index contributed by atoms with van der Waals surface area (Å²) in [5, 5.41) is 8.67. The Morgan fingerprint density at radius 3 is 2.27 bits per heavy atom. The molecule has 0 saturated carbocycles. The van der Waals surface area contributed by atoms with Crippen molar-refractivity contribution in [3.05, 3.63) is 0 Å². The number of rotatable bonds is 6. The lowest BCUT2D eigenvalue weighted by Crippen LogP contribution is -2.14. The quantitative estimate of drug-likeness (QED) is 0.563. The van der Waals surface area contributed by atoms with Gasteiger partial charge in [-0.3, -0.25) is 4.79 Å². The molecule has 0 radical (unpaired) electrons. The largest absolute Gasteiger partial charge is 0.481 e. The lowest BCUT2D eigenvalue weighted by Gasteiger charge is -2.08. The third-order valence-corrected chi connectivity index (χ3v) is 2.11. The second kappa shape index (κ2) is 6.85. The van der Waals surface area contributed by atoms with Crippen molar-refractivity contribution in [2.24, 2.45) is 5.92 Å². The minimum absolute atomic E-state index is 0.223. The molecule has 2 nitrogen and oxygen atoms in total. The first kappa shape index (κ1) is 11.2. The van der Waals surface area contributed by atoms with Gasteiger partial charge in [0, 0.05) is 0 Å². The smallest absolute Gasteiger partial charge is 0.306 e.